The van der Waals surface area contributed by atoms with Gasteiger partial charge < -0.3 is 16.4 Å². The summed E-state index contributed by atoms with van der Waals surface area (Å²) < 4.78 is 0. The van der Waals surface area contributed by atoms with E-state index in [2.05, 4.69) is 10.6 Å². The number of nitrogens with two attached hydrogens (primary N) is 1. The Morgan fingerprint density at radius 3 is 3.00 bits per heavy atom. The molecular formula is C5H11N3O. The van der Waals surface area contributed by atoms with Gasteiger partial charge in [0, 0.05) is 12.6 Å². The van der Waals surface area contributed by atoms with Crippen molar-refractivity contribution in [2.45, 2.75) is 12.5 Å². The molecule has 1 rings (SSSR count). The van der Waals surface area contributed by atoms with Gasteiger partial charge in [0.2, 0.25) is 0 Å². The highest BCUT2D eigenvalue weighted by Gasteiger charge is 2.14. The number of nitrogens with one attached hydrogen (secondary N) is 2. The van der Waals surface area contributed by atoms with Crippen LogP contribution in [0.4, 0.5) is 4.79 Å². The summed E-state index contributed by atoms with van der Waals surface area (Å²) in [5, 5.41) is 5.73. The summed E-state index contributed by atoms with van der Waals surface area (Å²) in [6.07, 6.45) is 0.989. The largest absolute Gasteiger partial charge is 0.352 e. The number of primary amides is 1. The third kappa shape index (κ3) is 1.89. The molecule has 1 aliphatic rings. The molecule has 4 heteroatoms. The molecule has 1 heterocycles. The smallest absolute Gasteiger partial charge is 0.312 e. The molecule has 0 radical (unpaired) electrons. The highest BCUT2D eigenvalue weighted by Crippen LogP contribution is 1.95. The quantitative estimate of drug-likeness (QED) is 0.426. The van der Waals surface area contributed by atoms with Crippen molar-refractivity contribution in [2.24, 2.45) is 5.73 Å². The van der Waals surface area contributed by atoms with E-state index in [4.69, 9.17) is 5.73 Å². The number of urea groups is 1. The number of hydrogen-bond donors (Lipinski definition) is 3. The van der Waals surface area contributed by atoms with Crippen LogP contribution in [0.5, 0.6) is 0 Å². The fourth-order valence-electron chi connectivity index (χ4n) is 0.979. The Labute approximate surface area is 53.8 Å². The number of rotatable bonds is 1. The van der Waals surface area contributed by atoms with Gasteiger partial charge in [-0.2, -0.15) is 0 Å². The van der Waals surface area contributed by atoms with Crippen LogP contribution in [0, 0.1) is 0 Å². The Bertz CT molecular complexity index is 109. The first-order valence-electron chi connectivity index (χ1n) is 3.06. The molecule has 0 unspecified atom stereocenters. The SMILES string of the molecule is NC(=O)N[C@@H]1CCNC1. The van der Waals surface area contributed by atoms with Crippen LogP contribution in [0.3, 0.4) is 0 Å². The van der Waals surface area contributed by atoms with Gasteiger partial charge in [0.25, 0.3) is 0 Å². The third-order valence-corrected chi connectivity index (χ3v) is 1.41. The minimum absolute atomic E-state index is 0.252. The second-order valence-electron chi connectivity index (χ2n) is 2.20. The molecule has 0 saturated carbocycles. The normalized spacial score (nSPS) is 26.0. The summed E-state index contributed by atoms with van der Waals surface area (Å²) in [5.74, 6) is 0. The van der Waals surface area contributed by atoms with E-state index in [0.29, 0.717) is 0 Å². The highest BCUT2D eigenvalue weighted by atomic mass is 16.2. The van der Waals surface area contributed by atoms with Crippen molar-refractivity contribution in [3.05, 3.63) is 0 Å². The lowest BCUT2D eigenvalue weighted by Gasteiger charge is -2.06. The molecule has 1 aliphatic heterocycles. The predicted octanol–water partition coefficient (Wildman–Crippen LogP) is -0.983. The molecule has 1 fully saturated rings. The van der Waals surface area contributed by atoms with Crippen molar-refractivity contribution >= 4 is 6.03 Å². The molecule has 4 nitrogen and oxygen atoms in total. The van der Waals surface area contributed by atoms with Crippen LogP contribution in [0.2, 0.25) is 0 Å². The van der Waals surface area contributed by atoms with E-state index in [1.165, 1.54) is 0 Å². The second kappa shape index (κ2) is 2.68. The van der Waals surface area contributed by atoms with Crippen molar-refractivity contribution in [1.29, 1.82) is 0 Å². The Morgan fingerprint density at radius 1 is 1.78 bits per heavy atom. The van der Waals surface area contributed by atoms with E-state index >= 15 is 0 Å². The summed E-state index contributed by atoms with van der Waals surface area (Å²) in [7, 11) is 0. The average molecular weight is 129 g/mol. The topological polar surface area (TPSA) is 67.2 Å². The Hall–Kier alpha value is -0.770. The molecule has 9 heavy (non-hydrogen) atoms. The molecule has 1 saturated heterocycles. The summed E-state index contributed by atoms with van der Waals surface area (Å²) in [5.41, 5.74) is 4.89. The van der Waals surface area contributed by atoms with Gasteiger partial charge in [-0.05, 0) is 13.0 Å². The van der Waals surface area contributed by atoms with Gasteiger partial charge in [-0.1, -0.05) is 0 Å². The zero-order valence-corrected chi connectivity index (χ0v) is 5.18. The maximum absolute atomic E-state index is 10.2. The summed E-state index contributed by atoms with van der Waals surface area (Å²) in [6.45, 7) is 1.83. The van der Waals surface area contributed by atoms with Crippen molar-refractivity contribution in [2.75, 3.05) is 13.1 Å². The van der Waals surface area contributed by atoms with Gasteiger partial charge in [-0.15, -0.1) is 0 Å². The third-order valence-electron chi connectivity index (χ3n) is 1.41. The van der Waals surface area contributed by atoms with E-state index in [1.807, 2.05) is 0 Å². The van der Waals surface area contributed by atoms with Crippen molar-refractivity contribution < 1.29 is 4.79 Å². The Morgan fingerprint density at radius 2 is 2.56 bits per heavy atom. The minimum atomic E-state index is -0.427. The Kier molecular flexibility index (Phi) is 1.89. The maximum atomic E-state index is 10.2. The van der Waals surface area contributed by atoms with Crippen molar-refractivity contribution in [1.82, 2.24) is 10.6 Å². The molecule has 0 aromatic rings. The monoisotopic (exact) mass is 129 g/mol. The predicted molar refractivity (Wildman–Crippen MR) is 34.0 cm³/mol. The molecule has 4 N–H and O–H groups in total. The second-order valence-corrected chi connectivity index (χ2v) is 2.20. The van der Waals surface area contributed by atoms with Gasteiger partial charge in [0.1, 0.15) is 0 Å². The molecule has 1 atom stereocenters. The van der Waals surface area contributed by atoms with Crippen LogP contribution in [0.1, 0.15) is 6.42 Å². The van der Waals surface area contributed by atoms with Crippen LogP contribution in [-0.2, 0) is 0 Å². The van der Waals surface area contributed by atoms with Crippen molar-refractivity contribution in [3.8, 4) is 0 Å². The summed E-state index contributed by atoms with van der Waals surface area (Å²) in [4.78, 5) is 10.2. The van der Waals surface area contributed by atoms with E-state index in [-0.39, 0.29) is 6.04 Å². The number of carbonyl (C=O) groups excluding carboxylic acids is 1. The van der Waals surface area contributed by atoms with Gasteiger partial charge >= 0.3 is 6.03 Å². The average Bonchev–Trinajstić information content (AvgIpc) is 2.15. The first kappa shape index (κ1) is 6.35. The summed E-state index contributed by atoms with van der Waals surface area (Å²) >= 11 is 0. The van der Waals surface area contributed by atoms with Crippen LogP contribution in [-0.4, -0.2) is 25.2 Å². The zero-order valence-electron chi connectivity index (χ0n) is 5.18. The zero-order chi connectivity index (χ0) is 6.69. The summed E-state index contributed by atoms with van der Waals surface area (Å²) in [6, 6.07) is -0.175. The van der Waals surface area contributed by atoms with Gasteiger partial charge in [-0.25, -0.2) is 4.79 Å². The van der Waals surface area contributed by atoms with Gasteiger partial charge in [0.15, 0.2) is 0 Å². The van der Waals surface area contributed by atoms with E-state index < -0.39 is 6.03 Å². The lowest BCUT2D eigenvalue weighted by molar-refractivity contribution is 0.246. The first-order chi connectivity index (χ1) is 4.29. The molecule has 0 aliphatic carbocycles. The molecule has 0 aromatic heterocycles. The molecular weight excluding hydrogens is 118 g/mol. The molecule has 0 aromatic carbocycles. The van der Waals surface area contributed by atoms with E-state index in [9.17, 15) is 4.79 Å². The number of hydrogen-bond acceptors (Lipinski definition) is 2. The Balaban J connectivity index is 2.19. The molecule has 52 valence electrons. The highest BCUT2D eigenvalue weighted by molar-refractivity contribution is 5.72. The molecule has 0 spiro atoms. The van der Waals surface area contributed by atoms with Crippen LogP contribution in [0.25, 0.3) is 0 Å². The lowest BCUT2D eigenvalue weighted by Crippen LogP contribution is -2.39. The maximum Gasteiger partial charge on any atom is 0.312 e. The minimum Gasteiger partial charge on any atom is -0.352 e. The van der Waals surface area contributed by atoms with Crippen LogP contribution < -0.4 is 16.4 Å². The number of carbonyl (C=O) groups is 1. The van der Waals surface area contributed by atoms with Crippen molar-refractivity contribution in [3.63, 3.8) is 0 Å². The number of amides is 2. The van der Waals surface area contributed by atoms with Gasteiger partial charge in [0.05, 0.1) is 0 Å². The standard InChI is InChI=1S/C5H11N3O/c6-5(9)8-4-1-2-7-3-4/h4,7H,1-3H2,(H3,6,8,9)/t4-/m1/s1. The van der Waals surface area contributed by atoms with E-state index in [0.717, 1.165) is 19.5 Å². The van der Waals surface area contributed by atoms with Gasteiger partial charge in [-0.3, -0.25) is 0 Å². The molecule has 0 bridgehead atoms. The lowest BCUT2D eigenvalue weighted by atomic mass is 10.3. The fourth-order valence-corrected chi connectivity index (χ4v) is 0.979. The van der Waals surface area contributed by atoms with Crippen LogP contribution >= 0.6 is 0 Å². The fraction of sp³-hybridized carbons (Fsp3) is 0.800. The van der Waals surface area contributed by atoms with Crippen LogP contribution in [0.15, 0.2) is 0 Å². The van der Waals surface area contributed by atoms with E-state index in [1.54, 1.807) is 0 Å². The molecule has 2 amide bonds. The first-order valence-corrected chi connectivity index (χ1v) is 3.06.